The van der Waals surface area contributed by atoms with Crippen molar-refractivity contribution < 1.29 is 27.9 Å². The number of aromatic nitrogens is 2. The van der Waals surface area contributed by atoms with Gasteiger partial charge in [-0.25, -0.2) is 0 Å². The maximum Gasteiger partial charge on any atom is 0.416 e. The third-order valence-electron chi connectivity index (χ3n) is 6.38. The van der Waals surface area contributed by atoms with E-state index in [9.17, 15) is 22.8 Å². The monoisotopic (exact) mass is 548 g/mol. The Morgan fingerprint density at radius 1 is 1.19 bits per heavy atom. The van der Waals surface area contributed by atoms with Crippen LogP contribution in [0.3, 0.4) is 0 Å². The van der Waals surface area contributed by atoms with Gasteiger partial charge in [-0.05, 0) is 66.1 Å². The van der Waals surface area contributed by atoms with Crippen LogP contribution in [0.5, 0.6) is 0 Å². The summed E-state index contributed by atoms with van der Waals surface area (Å²) in [5.41, 5.74) is 0.628. The van der Waals surface area contributed by atoms with Crippen molar-refractivity contribution >= 4 is 57.4 Å². The summed E-state index contributed by atoms with van der Waals surface area (Å²) < 4.78 is 41.9. The number of carbonyl (C=O) groups excluding carboxylic acids is 1. The Bertz CT molecular complexity index is 1460. The molecule has 1 amide bonds. The van der Waals surface area contributed by atoms with Crippen LogP contribution in [0, 0.1) is 5.92 Å². The predicted molar refractivity (Wildman–Crippen MR) is 135 cm³/mol. The number of piperidine rings is 1. The number of hydrogen-bond donors (Lipinski definition) is 1. The number of amidine groups is 1. The summed E-state index contributed by atoms with van der Waals surface area (Å²) in [5.74, 6) is -1.54. The zero-order chi connectivity index (χ0) is 26.3. The average molecular weight is 549 g/mol. The van der Waals surface area contributed by atoms with Crippen LogP contribution in [0.4, 0.5) is 13.2 Å². The average Bonchev–Trinajstić information content (AvgIpc) is 3.42. The minimum atomic E-state index is -4.54. The molecule has 1 saturated heterocycles. The molecule has 2 aliphatic heterocycles. The Hall–Kier alpha value is -3.31. The van der Waals surface area contributed by atoms with Crippen LogP contribution in [0.15, 0.2) is 52.5 Å². The molecule has 7 nitrogen and oxygen atoms in total. The number of alkyl halides is 3. The maximum atomic E-state index is 13.5. The number of aliphatic imine (C=N–C) groups is 1. The second-order valence-electron chi connectivity index (χ2n) is 8.83. The van der Waals surface area contributed by atoms with Crippen LogP contribution in [0.25, 0.3) is 17.0 Å². The number of carbonyl (C=O) groups is 2. The number of carboxylic acids is 1. The molecular formula is C25H20ClF3N4O3S. The lowest BCUT2D eigenvalue weighted by atomic mass is 9.98. The van der Waals surface area contributed by atoms with E-state index in [-0.39, 0.29) is 29.0 Å². The van der Waals surface area contributed by atoms with Gasteiger partial charge in [0.25, 0.3) is 5.91 Å². The van der Waals surface area contributed by atoms with Crippen molar-refractivity contribution in [3.05, 3.63) is 69.2 Å². The van der Waals surface area contributed by atoms with Gasteiger partial charge in [0.1, 0.15) is 0 Å². The fraction of sp³-hybridized carbons (Fsp3) is 0.280. The van der Waals surface area contributed by atoms with Crippen molar-refractivity contribution in [2.24, 2.45) is 10.9 Å². The Labute approximate surface area is 218 Å². The number of amides is 1. The molecule has 0 aliphatic carbocycles. The predicted octanol–water partition coefficient (Wildman–Crippen LogP) is 5.52. The van der Waals surface area contributed by atoms with Gasteiger partial charge >= 0.3 is 12.1 Å². The van der Waals surface area contributed by atoms with Crippen molar-refractivity contribution in [1.29, 1.82) is 0 Å². The molecule has 3 heterocycles. The number of thioether (sulfide) groups is 1. The van der Waals surface area contributed by atoms with Crippen molar-refractivity contribution in [3.63, 3.8) is 0 Å². The minimum absolute atomic E-state index is 0.00952. The summed E-state index contributed by atoms with van der Waals surface area (Å²) >= 11 is 7.03. The zero-order valence-corrected chi connectivity index (χ0v) is 20.8. The number of likely N-dealkylation sites (tertiary alicyclic amines) is 1. The molecule has 1 N–H and O–H groups in total. The molecule has 0 unspecified atom stereocenters. The quantitative estimate of drug-likeness (QED) is 0.432. The highest BCUT2D eigenvalue weighted by molar-refractivity contribution is 8.18. The van der Waals surface area contributed by atoms with Crippen molar-refractivity contribution in [2.75, 3.05) is 13.1 Å². The minimum Gasteiger partial charge on any atom is -0.481 e. The van der Waals surface area contributed by atoms with Crippen molar-refractivity contribution in [3.8, 4) is 0 Å². The third kappa shape index (κ3) is 5.37. The molecular weight excluding hydrogens is 529 g/mol. The smallest absolute Gasteiger partial charge is 0.416 e. The highest BCUT2D eigenvalue weighted by Gasteiger charge is 2.34. The van der Waals surface area contributed by atoms with Crippen LogP contribution in [-0.4, -0.2) is 49.9 Å². The second-order valence-corrected chi connectivity index (χ2v) is 10.3. The van der Waals surface area contributed by atoms with Crippen molar-refractivity contribution in [1.82, 2.24) is 14.7 Å². The molecule has 192 valence electrons. The van der Waals surface area contributed by atoms with Crippen LogP contribution >= 0.6 is 23.4 Å². The first-order chi connectivity index (χ1) is 17.6. The summed E-state index contributed by atoms with van der Waals surface area (Å²) in [4.78, 5) is 30.2. The Morgan fingerprint density at radius 3 is 2.65 bits per heavy atom. The second kappa shape index (κ2) is 9.86. The summed E-state index contributed by atoms with van der Waals surface area (Å²) in [6, 6.07) is 9.01. The third-order valence-corrected chi connectivity index (χ3v) is 7.66. The van der Waals surface area contributed by atoms with E-state index in [1.165, 1.54) is 28.6 Å². The molecule has 12 heteroatoms. The zero-order valence-electron chi connectivity index (χ0n) is 19.2. The molecule has 3 aromatic rings. The lowest BCUT2D eigenvalue weighted by molar-refractivity contribution is -0.143. The first-order valence-electron chi connectivity index (χ1n) is 11.4. The first-order valence-corrected chi connectivity index (χ1v) is 12.6. The van der Waals surface area contributed by atoms with E-state index in [2.05, 4.69) is 10.1 Å². The van der Waals surface area contributed by atoms with E-state index >= 15 is 0 Å². The lowest BCUT2D eigenvalue weighted by Crippen LogP contribution is -2.38. The standard InChI is InChI=1S/C25H20ClF3N4O3S/c26-18-3-2-16(19(11-18)25(27,28)29)13-33-20-4-1-14(9-17(20)12-30-33)10-21-22(34)31-24(37-21)32-7-5-15(6-8-32)23(35)36/h1-4,9-12,15H,5-8,13H2,(H,35,36)/b21-10-. The molecule has 0 bridgehead atoms. The number of aliphatic carboxylic acids is 1. The summed E-state index contributed by atoms with van der Waals surface area (Å²) in [6.45, 7) is 0.969. The number of halogens is 4. The molecule has 2 aliphatic rings. The Morgan fingerprint density at radius 2 is 1.95 bits per heavy atom. The van der Waals surface area contributed by atoms with Gasteiger partial charge in [0.15, 0.2) is 5.17 Å². The van der Waals surface area contributed by atoms with Gasteiger partial charge in [-0.2, -0.15) is 23.3 Å². The molecule has 0 spiro atoms. The molecule has 0 atom stereocenters. The van der Waals surface area contributed by atoms with Gasteiger partial charge in [0.05, 0.1) is 34.6 Å². The van der Waals surface area contributed by atoms with Crippen LogP contribution in [-0.2, 0) is 22.3 Å². The van der Waals surface area contributed by atoms with Gasteiger partial charge in [0.2, 0.25) is 0 Å². The van der Waals surface area contributed by atoms with Gasteiger partial charge < -0.3 is 10.0 Å². The van der Waals surface area contributed by atoms with Crippen LogP contribution < -0.4 is 0 Å². The highest BCUT2D eigenvalue weighted by atomic mass is 35.5. The normalized spacial score (nSPS) is 18.2. The fourth-order valence-corrected chi connectivity index (χ4v) is 5.57. The SMILES string of the molecule is O=C1N=C(N2CCC(C(=O)O)CC2)S/C1=C\c1ccc2c(cnn2Cc2ccc(Cl)cc2C(F)(F)F)c1. The van der Waals surface area contributed by atoms with E-state index in [4.69, 9.17) is 16.7 Å². The van der Waals surface area contributed by atoms with E-state index in [1.807, 2.05) is 11.0 Å². The summed E-state index contributed by atoms with van der Waals surface area (Å²) in [7, 11) is 0. The largest absolute Gasteiger partial charge is 0.481 e. The Balaban J connectivity index is 1.32. The first kappa shape index (κ1) is 25.3. The Kier molecular flexibility index (Phi) is 6.76. The number of benzene rings is 2. The number of fused-ring (bicyclic) bond motifs is 1. The fourth-order valence-electron chi connectivity index (χ4n) is 4.44. The highest BCUT2D eigenvalue weighted by Crippen LogP contribution is 2.35. The van der Waals surface area contributed by atoms with E-state index in [0.717, 1.165) is 11.6 Å². The number of rotatable bonds is 4. The van der Waals surface area contributed by atoms with Crippen molar-refractivity contribution in [2.45, 2.75) is 25.6 Å². The van der Waals surface area contributed by atoms with Gasteiger partial charge in [-0.3, -0.25) is 14.3 Å². The maximum absolute atomic E-state index is 13.5. The molecule has 5 rings (SSSR count). The molecule has 0 saturated carbocycles. The molecule has 1 aromatic heterocycles. The summed E-state index contributed by atoms with van der Waals surface area (Å²) in [5, 5.41) is 14.7. The number of carboxylic acid groups (broad SMARTS) is 1. The topological polar surface area (TPSA) is 87.8 Å². The van der Waals surface area contributed by atoms with Gasteiger partial charge in [-0.15, -0.1) is 0 Å². The van der Waals surface area contributed by atoms with E-state index in [0.29, 0.717) is 46.9 Å². The lowest BCUT2D eigenvalue weighted by Gasteiger charge is -2.30. The summed E-state index contributed by atoms with van der Waals surface area (Å²) in [6.07, 6.45) is -0.252. The van der Waals surface area contributed by atoms with Crippen LogP contribution in [0.1, 0.15) is 29.5 Å². The van der Waals surface area contributed by atoms with Crippen LogP contribution in [0.2, 0.25) is 5.02 Å². The number of hydrogen-bond acceptors (Lipinski definition) is 5. The van der Waals surface area contributed by atoms with E-state index in [1.54, 1.807) is 24.4 Å². The van der Waals surface area contributed by atoms with Gasteiger partial charge in [-0.1, -0.05) is 23.7 Å². The molecule has 0 radical (unpaired) electrons. The number of nitrogens with zero attached hydrogens (tertiary/aromatic N) is 4. The van der Waals surface area contributed by atoms with E-state index < -0.39 is 17.7 Å². The molecule has 37 heavy (non-hydrogen) atoms. The molecule has 1 fully saturated rings. The molecule has 2 aromatic carbocycles. The van der Waals surface area contributed by atoms with Gasteiger partial charge in [0, 0.05) is 23.5 Å².